The van der Waals surface area contributed by atoms with E-state index in [1.54, 1.807) is 0 Å². The largest absolute Gasteiger partial charge is 0.473 e. The Morgan fingerprint density at radius 3 is 1.87 bits per heavy atom. The minimum absolute atomic E-state index is 0.0435. The molecule has 1 aliphatic heterocycles. The first-order chi connectivity index (χ1) is 10.8. The predicted octanol–water partition coefficient (Wildman–Crippen LogP) is 1.70. The van der Waals surface area contributed by atoms with E-state index in [1.807, 2.05) is 0 Å². The monoisotopic (exact) mass is 348 g/mol. The first-order valence-electron chi connectivity index (χ1n) is 7.49. The van der Waals surface area contributed by atoms with Crippen molar-refractivity contribution in [1.29, 1.82) is 0 Å². The maximum absolute atomic E-state index is 11.5. The van der Waals surface area contributed by atoms with Crippen LogP contribution < -0.4 is 0 Å². The van der Waals surface area contributed by atoms with Gasteiger partial charge in [0.2, 0.25) is 5.91 Å². The lowest BCUT2D eigenvalue weighted by Gasteiger charge is -2.26. The van der Waals surface area contributed by atoms with E-state index in [0.29, 0.717) is 12.4 Å². The summed E-state index contributed by atoms with van der Waals surface area (Å²) in [5, 5.41) is 14.7. The Bertz CT molecular complexity index is 393. The van der Waals surface area contributed by atoms with Crippen molar-refractivity contribution in [2.24, 2.45) is 0 Å². The molecule has 9 heteroatoms. The number of carboxylic acid groups (broad SMARTS) is 2. The van der Waals surface area contributed by atoms with Crippen LogP contribution in [-0.2, 0) is 14.4 Å². The minimum atomic E-state index is -1.82. The first kappa shape index (κ1) is 21.4. The Balaban J connectivity index is 0.000000688. The fourth-order valence-electron chi connectivity index (χ4n) is 1.73. The molecule has 1 aliphatic rings. The number of rotatable bonds is 8. The molecule has 2 N–H and O–H groups in total. The number of unbranched alkanes of at least 4 members (excludes halogenated alkanes) is 2. The number of thioether (sulfide) groups is 1. The van der Waals surface area contributed by atoms with E-state index in [2.05, 4.69) is 18.7 Å². The topological polar surface area (TPSA) is 115 Å². The van der Waals surface area contributed by atoms with E-state index < -0.39 is 11.9 Å². The van der Waals surface area contributed by atoms with Crippen LogP contribution in [0.3, 0.4) is 0 Å². The van der Waals surface area contributed by atoms with Gasteiger partial charge in [0, 0.05) is 0 Å². The fraction of sp³-hybridized carbons (Fsp3) is 0.714. The van der Waals surface area contributed by atoms with Gasteiger partial charge in [-0.05, 0) is 25.9 Å². The van der Waals surface area contributed by atoms with Gasteiger partial charge in [0.1, 0.15) is 0 Å². The summed E-state index contributed by atoms with van der Waals surface area (Å²) in [5.74, 6) is -3.38. The number of nitrogens with zero attached hydrogens (tertiary/aromatic N) is 2. The van der Waals surface area contributed by atoms with E-state index in [9.17, 15) is 9.59 Å². The second-order valence-corrected chi connectivity index (χ2v) is 5.88. The van der Waals surface area contributed by atoms with E-state index in [1.165, 1.54) is 4.90 Å². The van der Waals surface area contributed by atoms with Crippen molar-refractivity contribution in [2.45, 2.75) is 39.5 Å². The minimum Gasteiger partial charge on any atom is -0.473 e. The molecule has 0 bridgehead atoms. The Morgan fingerprint density at radius 1 is 1.09 bits per heavy atom. The molecule has 0 aromatic rings. The van der Waals surface area contributed by atoms with Crippen molar-refractivity contribution in [3.8, 4) is 0 Å². The number of imide groups is 1. The third-order valence-electron chi connectivity index (χ3n) is 3.02. The van der Waals surface area contributed by atoms with E-state index in [0.717, 1.165) is 50.5 Å². The van der Waals surface area contributed by atoms with Gasteiger partial charge in [-0.15, -0.1) is 0 Å². The quantitative estimate of drug-likeness (QED) is 0.637. The molecule has 0 radical (unpaired) electrons. The summed E-state index contributed by atoms with van der Waals surface area (Å²) in [5.41, 5.74) is 0. The summed E-state index contributed by atoms with van der Waals surface area (Å²) in [6.45, 7) is 6.72. The molecule has 0 saturated carbocycles. The van der Waals surface area contributed by atoms with Crippen LogP contribution in [0.2, 0.25) is 0 Å². The zero-order chi connectivity index (χ0) is 17.8. The van der Waals surface area contributed by atoms with Crippen LogP contribution in [0.25, 0.3) is 0 Å². The third-order valence-corrected chi connectivity index (χ3v) is 3.88. The predicted molar refractivity (Wildman–Crippen MR) is 86.2 cm³/mol. The third kappa shape index (κ3) is 9.19. The molecule has 0 aliphatic carbocycles. The number of carbonyl (C=O) groups excluding carboxylic acids is 2. The Morgan fingerprint density at radius 2 is 1.57 bits per heavy atom. The maximum atomic E-state index is 11.5. The molecule has 1 rings (SSSR count). The zero-order valence-corrected chi connectivity index (χ0v) is 14.3. The van der Waals surface area contributed by atoms with E-state index >= 15 is 0 Å². The van der Waals surface area contributed by atoms with Gasteiger partial charge in [0.25, 0.3) is 5.24 Å². The van der Waals surface area contributed by atoms with Crippen LogP contribution in [0, 0.1) is 0 Å². The van der Waals surface area contributed by atoms with Gasteiger partial charge < -0.3 is 10.2 Å². The van der Waals surface area contributed by atoms with Gasteiger partial charge in [0.05, 0.1) is 12.4 Å². The average Bonchev–Trinajstić information content (AvgIpc) is 2.82. The average molecular weight is 348 g/mol. The standard InChI is InChI=1S/C12H22N2O2S.C2H2O4/c1-3-5-7-13(8-6-4-2)10-14-11(15)9-17-12(14)16;3-1(4)2(5)6/h3-10H2,1-2H3;(H,3,4)(H,5,6). The van der Waals surface area contributed by atoms with Crippen molar-refractivity contribution < 1.29 is 29.4 Å². The highest BCUT2D eigenvalue weighted by molar-refractivity contribution is 8.14. The summed E-state index contributed by atoms with van der Waals surface area (Å²) in [6.07, 6.45) is 4.51. The lowest BCUT2D eigenvalue weighted by molar-refractivity contribution is -0.159. The maximum Gasteiger partial charge on any atom is 0.414 e. The highest BCUT2D eigenvalue weighted by Crippen LogP contribution is 2.19. The highest BCUT2D eigenvalue weighted by Gasteiger charge is 2.30. The Labute approximate surface area is 139 Å². The van der Waals surface area contributed by atoms with Crippen LogP contribution in [0.1, 0.15) is 39.5 Å². The SMILES string of the molecule is CCCCN(CCCC)CN1C(=O)CSC1=O.O=C(O)C(=O)O. The number of hydrogen-bond acceptors (Lipinski definition) is 6. The molecule has 0 atom stereocenters. The van der Waals surface area contributed by atoms with Crippen molar-refractivity contribution in [1.82, 2.24) is 9.80 Å². The molecule has 1 saturated heterocycles. The molecule has 0 aromatic heterocycles. The molecule has 1 heterocycles. The molecule has 0 unspecified atom stereocenters. The second-order valence-electron chi connectivity index (χ2n) is 4.95. The smallest absolute Gasteiger partial charge is 0.414 e. The fourth-order valence-corrected chi connectivity index (χ4v) is 2.45. The summed E-state index contributed by atoms with van der Waals surface area (Å²) < 4.78 is 0. The number of carbonyl (C=O) groups is 4. The zero-order valence-electron chi connectivity index (χ0n) is 13.5. The molecule has 1 fully saturated rings. The molecular weight excluding hydrogens is 324 g/mol. The first-order valence-corrected chi connectivity index (χ1v) is 8.47. The highest BCUT2D eigenvalue weighted by atomic mass is 32.2. The van der Waals surface area contributed by atoms with Crippen LogP contribution in [0.4, 0.5) is 4.79 Å². The summed E-state index contributed by atoms with van der Waals surface area (Å²) in [6, 6.07) is 0. The normalized spacial score (nSPS) is 14.0. The van der Waals surface area contributed by atoms with Crippen molar-refractivity contribution >= 4 is 34.8 Å². The molecule has 132 valence electrons. The molecule has 23 heavy (non-hydrogen) atoms. The second kappa shape index (κ2) is 11.9. The number of aliphatic carboxylic acids is 2. The van der Waals surface area contributed by atoms with Crippen molar-refractivity contribution in [3.63, 3.8) is 0 Å². The Hall–Kier alpha value is -1.61. The van der Waals surface area contributed by atoms with E-state index in [-0.39, 0.29) is 11.1 Å². The van der Waals surface area contributed by atoms with Crippen molar-refractivity contribution in [3.05, 3.63) is 0 Å². The molecule has 2 amide bonds. The molecule has 8 nitrogen and oxygen atoms in total. The van der Waals surface area contributed by atoms with Gasteiger partial charge in [-0.25, -0.2) is 9.59 Å². The van der Waals surface area contributed by atoms with Crippen molar-refractivity contribution in [2.75, 3.05) is 25.5 Å². The van der Waals surface area contributed by atoms with Gasteiger partial charge in [-0.2, -0.15) is 0 Å². The lowest BCUT2D eigenvalue weighted by atomic mass is 10.3. The number of carboxylic acids is 2. The van der Waals surface area contributed by atoms with Crippen LogP contribution >= 0.6 is 11.8 Å². The number of hydrogen-bond donors (Lipinski definition) is 2. The number of amides is 2. The molecule has 0 aromatic carbocycles. The summed E-state index contributed by atoms with van der Waals surface area (Å²) >= 11 is 1.11. The molecular formula is C14H24N2O6S. The van der Waals surface area contributed by atoms with E-state index in [4.69, 9.17) is 19.8 Å². The van der Waals surface area contributed by atoms with Gasteiger partial charge >= 0.3 is 11.9 Å². The van der Waals surface area contributed by atoms with Gasteiger partial charge in [-0.1, -0.05) is 38.5 Å². The van der Waals surface area contributed by atoms with Crippen LogP contribution in [0.5, 0.6) is 0 Å². The summed E-state index contributed by atoms with van der Waals surface area (Å²) in [4.78, 5) is 44.8. The summed E-state index contributed by atoms with van der Waals surface area (Å²) in [7, 11) is 0. The van der Waals surface area contributed by atoms with Gasteiger partial charge in [-0.3, -0.25) is 19.4 Å². The molecule has 0 spiro atoms. The van der Waals surface area contributed by atoms with Gasteiger partial charge in [0.15, 0.2) is 0 Å². The van der Waals surface area contributed by atoms with Crippen LogP contribution in [-0.4, -0.2) is 68.6 Å². The van der Waals surface area contributed by atoms with Crippen LogP contribution in [0.15, 0.2) is 0 Å². The lowest BCUT2D eigenvalue weighted by Crippen LogP contribution is -2.41. The Kier molecular flexibility index (Phi) is 11.1.